The number of rotatable bonds is 8. The number of nitrogens with one attached hydrogen (secondary N) is 2. The van der Waals surface area contributed by atoms with Crippen LogP contribution in [0.4, 0.5) is 5.82 Å². The third-order valence-corrected chi connectivity index (χ3v) is 6.44. The van der Waals surface area contributed by atoms with Crippen LogP contribution < -0.4 is 5.32 Å². The molecule has 0 saturated heterocycles. The van der Waals surface area contributed by atoms with Gasteiger partial charge in [-0.25, -0.2) is 24.9 Å². The summed E-state index contributed by atoms with van der Waals surface area (Å²) in [5.74, 6) is 1.45. The second kappa shape index (κ2) is 8.35. The van der Waals surface area contributed by atoms with Gasteiger partial charge < -0.3 is 15.0 Å². The van der Waals surface area contributed by atoms with Crippen molar-refractivity contribution in [1.29, 1.82) is 0 Å². The van der Waals surface area contributed by atoms with Gasteiger partial charge in [0.25, 0.3) is 0 Å². The predicted molar refractivity (Wildman–Crippen MR) is 112 cm³/mol. The number of halogens is 1. The number of ether oxygens (including phenoxy) is 1. The van der Waals surface area contributed by atoms with Gasteiger partial charge in [0, 0.05) is 32.6 Å². The summed E-state index contributed by atoms with van der Waals surface area (Å²) >= 11 is 2.28. The predicted octanol–water partition coefficient (Wildman–Crippen LogP) is 3.54. The summed E-state index contributed by atoms with van der Waals surface area (Å²) in [5, 5.41) is 3.35. The second-order valence-corrected chi connectivity index (χ2v) is 14.0. The Morgan fingerprint density at radius 3 is 2.69 bits per heavy atom. The van der Waals surface area contributed by atoms with Gasteiger partial charge in [0.15, 0.2) is 11.5 Å². The van der Waals surface area contributed by atoms with Gasteiger partial charge in [0.1, 0.15) is 34.7 Å². The molecular formula is C16H22IN7OSi. The molecular weight excluding hydrogens is 461 g/mol. The van der Waals surface area contributed by atoms with Crippen LogP contribution in [0.3, 0.4) is 0 Å². The van der Waals surface area contributed by atoms with Crippen molar-refractivity contribution in [2.75, 3.05) is 11.9 Å². The van der Waals surface area contributed by atoms with E-state index in [-0.39, 0.29) is 4.05 Å². The molecule has 0 amide bonds. The molecule has 0 aliphatic carbocycles. The number of imidazole rings is 1. The molecule has 3 aromatic rings. The van der Waals surface area contributed by atoms with Gasteiger partial charge in [-0.05, 0) is 6.04 Å². The number of nitrogens with zero attached hydrogens (tertiary/aromatic N) is 5. The summed E-state index contributed by atoms with van der Waals surface area (Å²) < 4.78 is 5.75. The lowest BCUT2D eigenvalue weighted by Gasteiger charge is -2.14. The van der Waals surface area contributed by atoms with Crippen LogP contribution in [0.1, 0.15) is 15.4 Å². The highest BCUT2D eigenvalue weighted by Gasteiger charge is 2.15. The Balaban J connectivity index is 1.69. The first-order valence-corrected chi connectivity index (χ1v) is 13.3. The maximum atomic E-state index is 5.77. The van der Waals surface area contributed by atoms with Crippen molar-refractivity contribution in [3.8, 4) is 0 Å². The first kappa shape index (κ1) is 19.1. The molecule has 3 heterocycles. The number of aromatic amines is 1. The van der Waals surface area contributed by atoms with E-state index in [9.17, 15) is 0 Å². The van der Waals surface area contributed by atoms with Crippen LogP contribution >= 0.6 is 22.6 Å². The van der Waals surface area contributed by atoms with Crippen LogP contribution in [0.25, 0.3) is 11.2 Å². The zero-order valence-corrected chi connectivity index (χ0v) is 18.2. The summed E-state index contributed by atoms with van der Waals surface area (Å²) in [7, 11) is -1.09. The summed E-state index contributed by atoms with van der Waals surface area (Å²) in [6.07, 6.45) is 6.58. The normalized spacial score (nSPS) is 13.1. The van der Waals surface area contributed by atoms with E-state index in [0.29, 0.717) is 18.1 Å². The lowest BCUT2D eigenvalue weighted by Crippen LogP contribution is -2.21. The topological polar surface area (TPSA) is 102 Å². The van der Waals surface area contributed by atoms with Crippen LogP contribution in [0.5, 0.6) is 0 Å². The fraction of sp³-hybridized carbons (Fsp3) is 0.438. The van der Waals surface area contributed by atoms with E-state index < -0.39 is 8.07 Å². The average Bonchev–Trinajstić information content (AvgIpc) is 3.03. The van der Waals surface area contributed by atoms with E-state index in [1.54, 1.807) is 12.4 Å². The molecule has 0 aliphatic rings. The standard InChI is InChI=1S/C16H22IN7OSi/c1-26(2,3)5-4-25-8-12-22-13-15(23-12)20-10-21-16(13)24-14(17)11-6-18-9-19-7-11/h6-7,9-10,14H,4-5,8H2,1-3H3,(H2,20,21,22,23,24). The maximum Gasteiger partial charge on any atom is 0.183 e. The number of anilines is 1. The number of hydrogen-bond donors (Lipinski definition) is 2. The smallest absolute Gasteiger partial charge is 0.183 e. The molecule has 0 bridgehead atoms. The molecule has 3 rings (SSSR count). The Hall–Kier alpha value is -1.66. The first-order chi connectivity index (χ1) is 12.4. The van der Waals surface area contributed by atoms with Crippen molar-refractivity contribution >= 4 is 47.6 Å². The van der Waals surface area contributed by atoms with E-state index in [1.807, 2.05) is 0 Å². The second-order valence-electron chi connectivity index (χ2n) is 7.15. The Bertz CT molecular complexity index is 853. The van der Waals surface area contributed by atoms with Crippen molar-refractivity contribution < 1.29 is 4.74 Å². The summed E-state index contributed by atoms with van der Waals surface area (Å²) in [4.78, 5) is 24.5. The monoisotopic (exact) mass is 483 g/mol. The van der Waals surface area contributed by atoms with Crippen LogP contribution in [0.15, 0.2) is 25.0 Å². The van der Waals surface area contributed by atoms with Gasteiger partial charge in [0.2, 0.25) is 0 Å². The molecule has 0 radical (unpaired) electrons. The molecule has 0 fully saturated rings. The van der Waals surface area contributed by atoms with Crippen LogP contribution in [-0.4, -0.2) is 44.6 Å². The largest absolute Gasteiger partial charge is 0.374 e. The molecule has 0 saturated carbocycles. The van der Waals surface area contributed by atoms with Crippen LogP contribution in [0.2, 0.25) is 25.7 Å². The Labute approximate surface area is 166 Å². The van der Waals surface area contributed by atoms with E-state index in [0.717, 1.165) is 29.6 Å². The SMILES string of the molecule is C[Si](C)(C)CCOCc1nc2ncnc(NC(I)c3cncnc3)c2[nH]1. The van der Waals surface area contributed by atoms with Crippen molar-refractivity contribution in [2.45, 2.75) is 36.3 Å². The van der Waals surface area contributed by atoms with E-state index in [1.165, 1.54) is 12.7 Å². The molecule has 0 aromatic carbocycles. The lowest BCUT2D eigenvalue weighted by atomic mass is 10.3. The highest BCUT2D eigenvalue weighted by molar-refractivity contribution is 14.1. The first-order valence-electron chi connectivity index (χ1n) is 8.35. The summed E-state index contributed by atoms with van der Waals surface area (Å²) in [6, 6.07) is 1.13. The van der Waals surface area contributed by atoms with Gasteiger partial charge in [-0.3, -0.25) is 0 Å². The van der Waals surface area contributed by atoms with Crippen LogP contribution in [0, 0.1) is 0 Å². The molecule has 0 spiro atoms. The molecule has 26 heavy (non-hydrogen) atoms. The highest BCUT2D eigenvalue weighted by atomic mass is 127. The highest BCUT2D eigenvalue weighted by Crippen LogP contribution is 2.26. The van der Waals surface area contributed by atoms with Gasteiger partial charge in [0.05, 0.1) is 0 Å². The molecule has 0 aliphatic heterocycles. The van der Waals surface area contributed by atoms with Crippen molar-refractivity contribution in [3.05, 3.63) is 36.4 Å². The van der Waals surface area contributed by atoms with E-state index in [4.69, 9.17) is 4.74 Å². The van der Waals surface area contributed by atoms with E-state index in [2.05, 4.69) is 77.5 Å². The third-order valence-electron chi connectivity index (χ3n) is 3.71. The molecule has 10 heteroatoms. The zero-order valence-electron chi connectivity index (χ0n) is 15.0. The third kappa shape index (κ3) is 5.17. The van der Waals surface area contributed by atoms with E-state index >= 15 is 0 Å². The molecule has 8 nitrogen and oxygen atoms in total. The number of alkyl halides is 1. The van der Waals surface area contributed by atoms with Crippen LogP contribution in [-0.2, 0) is 11.3 Å². The molecule has 1 unspecified atom stereocenters. The Kier molecular flexibility index (Phi) is 6.14. The van der Waals surface area contributed by atoms with Gasteiger partial charge in [-0.2, -0.15) is 0 Å². The van der Waals surface area contributed by atoms with Gasteiger partial charge in [-0.15, -0.1) is 0 Å². The minimum absolute atomic E-state index is 0.0216. The van der Waals surface area contributed by atoms with Gasteiger partial charge in [-0.1, -0.05) is 42.2 Å². The minimum atomic E-state index is -1.09. The number of aromatic nitrogens is 6. The van der Waals surface area contributed by atoms with Crippen molar-refractivity contribution in [2.24, 2.45) is 0 Å². The number of fused-ring (bicyclic) bond motifs is 1. The minimum Gasteiger partial charge on any atom is -0.374 e. The molecule has 138 valence electrons. The molecule has 2 N–H and O–H groups in total. The number of H-pyrrole nitrogens is 1. The molecule has 1 atom stereocenters. The average molecular weight is 483 g/mol. The Morgan fingerprint density at radius 2 is 1.96 bits per heavy atom. The quantitative estimate of drug-likeness (QED) is 0.166. The number of hydrogen-bond acceptors (Lipinski definition) is 7. The summed E-state index contributed by atoms with van der Waals surface area (Å²) in [5.41, 5.74) is 2.36. The Morgan fingerprint density at radius 1 is 1.19 bits per heavy atom. The maximum absolute atomic E-state index is 5.77. The van der Waals surface area contributed by atoms with Crippen molar-refractivity contribution in [3.63, 3.8) is 0 Å². The fourth-order valence-electron chi connectivity index (χ4n) is 2.25. The van der Waals surface area contributed by atoms with Crippen molar-refractivity contribution in [1.82, 2.24) is 29.9 Å². The summed E-state index contributed by atoms with van der Waals surface area (Å²) in [6.45, 7) is 8.21. The molecule has 3 aromatic heterocycles. The lowest BCUT2D eigenvalue weighted by molar-refractivity contribution is 0.128. The van der Waals surface area contributed by atoms with Gasteiger partial charge >= 0.3 is 0 Å². The zero-order chi connectivity index (χ0) is 18.6. The fourth-order valence-corrected chi connectivity index (χ4v) is 3.62.